The van der Waals surface area contributed by atoms with Crippen LogP contribution in [-0.2, 0) is 0 Å². The highest BCUT2D eigenvalue weighted by molar-refractivity contribution is 5.94. The number of rotatable bonds is 1. The van der Waals surface area contributed by atoms with Crippen molar-refractivity contribution in [1.29, 1.82) is 0 Å². The van der Waals surface area contributed by atoms with Crippen molar-refractivity contribution in [2.24, 2.45) is 0 Å². The zero-order valence-electron chi connectivity index (χ0n) is 10.4. The molecule has 6 heteroatoms. The predicted octanol–water partition coefficient (Wildman–Crippen LogP) is 0.242. The summed E-state index contributed by atoms with van der Waals surface area (Å²) in [5, 5.41) is 12.0. The molecule has 0 radical (unpaired) electrons. The lowest BCUT2D eigenvalue weighted by atomic mass is 10.1. The molecule has 1 aromatic rings. The van der Waals surface area contributed by atoms with E-state index in [4.69, 9.17) is 0 Å². The molecule has 0 aromatic heterocycles. The molecule has 1 atom stereocenters. The fourth-order valence-corrected chi connectivity index (χ4v) is 2.58. The molecule has 100 valence electrons. The summed E-state index contributed by atoms with van der Waals surface area (Å²) >= 11 is 0. The van der Waals surface area contributed by atoms with Crippen molar-refractivity contribution in [3.8, 4) is 5.75 Å². The predicted molar refractivity (Wildman–Crippen MR) is 67.9 cm³/mol. The number of carbonyl (C=O) groups is 2. The molecular formula is C13H15N3O3. The monoisotopic (exact) mass is 261 g/mol. The Kier molecular flexibility index (Phi) is 2.77. The smallest absolute Gasteiger partial charge is 0.317 e. The summed E-state index contributed by atoms with van der Waals surface area (Å²) in [4.78, 5) is 27.3. The first-order valence-electron chi connectivity index (χ1n) is 6.28. The first-order valence-corrected chi connectivity index (χ1v) is 6.28. The second-order valence-electron chi connectivity index (χ2n) is 4.83. The lowest BCUT2D eigenvalue weighted by Crippen LogP contribution is -2.53. The number of aromatic hydroxyl groups is 1. The summed E-state index contributed by atoms with van der Waals surface area (Å²) in [5.41, 5.74) is 0.559. The van der Waals surface area contributed by atoms with E-state index >= 15 is 0 Å². The molecule has 2 aliphatic rings. The first kappa shape index (κ1) is 11.8. The van der Waals surface area contributed by atoms with Crippen molar-refractivity contribution in [2.75, 3.05) is 26.2 Å². The number of benzene rings is 1. The molecule has 0 spiro atoms. The molecule has 2 N–H and O–H groups in total. The van der Waals surface area contributed by atoms with Gasteiger partial charge in [0.15, 0.2) is 0 Å². The van der Waals surface area contributed by atoms with E-state index in [2.05, 4.69) is 5.32 Å². The van der Waals surface area contributed by atoms with Gasteiger partial charge >= 0.3 is 6.03 Å². The minimum Gasteiger partial charge on any atom is -0.508 e. The minimum absolute atomic E-state index is 0.0401. The Balaban J connectivity index is 1.72. The number of hydrogen-bond acceptors (Lipinski definition) is 3. The van der Waals surface area contributed by atoms with Gasteiger partial charge in [0.1, 0.15) is 5.75 Å². The van der Waals surface area contributed by atoms with Gasteiger partial charge in [-0.25, -0.2) is 4.79 Å². The van der Waals surface area contributed by atoms with E-state index in [9.17, 15) is 14.7 Å². The first-order chi connectivity index (χ1) is 9.15. The van der Waals surface area contributed by atoms with Gasteiger partial charge in [0.2, 0.25) is 0 Å². The Hall–Kier alpha value is -2.24. The van der Waals surface area contributed by atoms with Crippen LogP contribution in [0.25, 0.3) is 0 Å². The quantitative estimate of drug-likeness (QED) is 0.760. The highest BCUT2D eigenvalue weighted by atomic mass is 16.3. The normalized spacial score (nSPS) is 22.1. The third kappa shape index (κ3) is 2.09. The van der Waals surface area contributed by atoms with Crippen molar-refractivity contribution in [1.82, 2.24) is 15.1 Å². The highest BCUT2D eigenvalue weighted by Crippen LogP contribution is 2.17. The largest absolute Gasteiger partial charge is 0.508 e. The maximum Gasteiger partial charge on any atom is 0.317 e. The number of amides is 3. The lowest BCUT2D eigenvalue weighted by molar-refractivity contribution is 0.0617. The molecule has 1 unspecified atom stereocenters. The molecule has 3 amide bonds. The van der Waals surface area contributed by atoms with Crippen LogP contribution in [0.3, 0.4) is 0 Å². The molecule has 0 aliphatic carbocycles. The molecule has 2 aliphatic heterocycles. The van der Waals surface area contributed by atoms with Gasteiger partial charge in [0.25, 0.3) is 5.91 Å². The molecule has 0 bridgehead atoms. The van der Waals surface area contributed by atoms with Crippen LogP contribution in [0.2, 0.25) is 0 Å². The SMILES string of the molecule is O=C(c1ccc(O)cc1)N1CCN2C(=O)NCC2C1. The summed E-state index contributed by atoms with van der Waals surface area (Å²) in [6.07, 6.45) is 0. The van der Waals surface area contributed by atoms with E-state index in [1.54, 1.807) is 21.9 Å². The average Bonchev–Trinajstić information content (AvgIpc) is 2.80. The molecule has 6 nitrogen and oxygen atoms in total. The van der Waals surface area contributed by atoms with Crippen LogP contribution in [0.1, 0.15) is 10.4 Å². The molecule has 1 aromatic carbocycles. The van der Waals surface area contributed by atoms with Gasteiger partial charge in [-0.15, -0.1) is 0 Å². The number of nitrogens with zero attached hydrogens (tertiary/aromatic N) is 2. The number of fused-ring (bicyclic) bond motifs is 1. The van der Waals surface area contributed by atoms with E-state index in [1.807, 2.05) is 0 Å². The van der Waals surface area contributed by atoms with Crippen LogP contribution in [0.15, 0.2) is 24.3 Å². The third-order valence-electron chi connectivity index (χ3n) is 3.63. The van der Waals surface area contributed by atoms with Gasteiger partial charge in [-0.2, -0.15) is 0 Å². The molecular weight excluding hydrogens is 246 g/mol. The van der Waals surface area contributed by atoms with Crippen LogP contribution in [0.5, 0.6) is 5.75 Å². The number of carbonyl (C=O) groups excluding carboxylic acids is 2. The number of phenols is 1. The maximum absolute atomic E-state index is 12.3. The zero-order valence-corrected chi connectivity index (χ0v) is 10.4. The standard InChI is InChI=1S/C13H15N3O3/c17-11-3-1-9(2-4-11)12(18)15-5-6-16-10(8-15)7-14-13(16)19/h1-4,10,17H,5-8H2,(H,14,19). The van der Waals surface area contributed by atoms with Crippen LogP contribution in [-0.4, -0.2) is 59.1 Å². The fourth-order valence-electron chi connectivity index (χ4n) is 2.58. The average molecular weight is 261 g/mol. The van der Waals surface area contributed by atoms with Gasteiger partial charge in [-0.05, 0) is 24.3 Å². The summed E-state index contributed by atoms with van der Waals surface area (Å²) in [7, 11) is 0. The molecule has 2 fully saturated rings. The summed E-state index contributed by atoms with van der Waals surface area (Å²) in [5.74, 6) is 0.0888. The second kappa shape index (κ2) is 4.46. The zero-order chi connectivity index (χ0) is 13.4. The highest BCUT2D eigenvalue weighted by Gasteiger charge is 2.36. The van der Waals surface area contributed by atoms with Gasteiger partial charge < -0.3 is 20.2 Å². The molecule has 2 saturated heterocycles. The van der Waals surface area contributed by atoms with Gasteiger partial charge in [-0.1, -0.05) is 0 Å². The summed E-state index contributed by atoms with van der Waals surface area (Å²) < 4.78 is 0. The Morgan fingerprint density at radius 2 is 2.00 bits per heavy atom. The number of hydrogen-bond donors (Lipinski definition) is 2. The van der Waals surface area contributed by atoms with E-state index in [-0.39, 0.29) is 23.7 Å². The Labute approximate surface area is 110 Å². The Morgan fingerprint density at radius 3 is 2.74 bits per heavy atom. The van der Waals surface area contributed by atoms with Crippen molar-refractivity contribution in [2.45, 2.75) is 6.04 Å². The van der Waals surface area contributed by atoms with Crippen molar-refractivity contribution in [3.63, 3.8) is 0 Å². The lowest BCUT2D eigenvalue weighted by Gasteiger charge is -2.36. The number of piperazine rings is 1. The van der Waals surface area contributed by atoms with Crippen LogP contribution in [0.4, 0.5) is 4.79 Å². The maximum atomic E-state index is 12.3. The van der Waals surface area contributed by atoms with E-state index in [0.717, 1.165) is 0 Å². The van der Waals surface area contributed by atoms with Crippen molar-refractivity contribution in [3.05, 3.63) is 29.8 Å². The fraction of sp³-hybridized carbons (Fsp3) is 0.385. The number of phenolic OH excluding ortho intramolecular Hbond substituents is 1. The van der Waals surface area contributed by atoms with Crippen LogP contribution in [0, 0.1) is 0 Å². The molecule has 19 heavy (non-hydrogen) atoms. The van der Waals surface area contributed by atoms with Crippen molar-refractivity contribution >= 4 is 11.9 Å². The molecule has 0 saturated carbocycles. The molecule has 3 rings (SSSR count). The second-order valence-corrected chi connectivity index (χ2v) is 4.83. The van der Waals surface area contributed by atoms with Crippen LogP contribution < -0.4 is 5.32 Å². The van der Waals surface area contributed by atoms with Gasteiger partial charge in [0.05, 0.1) is 6.04 Å². The van der Waals surface area contributed by atoms with E-state index in [1.165, 1.54) is 12.1 Å². The number of urea groups is 1. The summed E-state index contributed by atoms with van der Waals surface area (Å²) in [6.45, 7) is 2.26. The third-order valence-corrected chi connectivity index (χ3v) is 3.63. The van der Waals surface area contributed by atoms with E-state index < -0.39 is 0 Å². The van der Waals surface area contributed by atoms with Crippen LogP contribution >= 0.6 is 0 Å². The van der Waals surface area contributed by atoms with Gasteiger partial charge in [0, 0.05) is 31.7 Å². The van der Waals surface area contributed by atoms with Gasteiger partial charge in [-0.3, -0.25) is 4.79 Å². The topological polar surface area (TPSA) is 72.9 Å². The van der Waals surface area contributed by atoms with Crippen molar-refractivity contribution < 1.29 is 14.7 Å². The minimum atomic E-state index is -0.0565. The van der Waals surface area contributed by atoms with E-state index in [0.29, 0.717) is 31.7 Å². The summed E-state index contributed by atoms with van der Waals surface area (Å²) in [6, 6.07) is 6.27. The Bertz CT molecular complexity index is 514. The molecule has 2 heterocycles. The number of nitrogens with one attached hydrogen (secondary N) is 1. The Morgan fingerprint density at radius 1 is 1.26 bits per heavy atom.